The van der Waals surface area contributed by atoms with Crippen LogP contribution in [0.2, 0.25) is 0 Å². The maximum atomic E-state index is 5.85. The molecule has 0 fully saturated rings. The van der Waals surface area contributed by atoms with E-state index in [0.29, 0.717) is 12.4 Å². The van der Waals surface area contributed by atoms with E-state index in [1.165, 1.54) is 0 Å². The number of rotatable bonds is 6. The van der Waals surface area contributed by atoms with Gasteiger partial charge in [-0.2, -0.15) is 10.2 Å². The third-order valence-electron chi connectivity index (χ3n) is 4.06. The smallest absolute Gasteiger partial charge is 0.176 e. The molecule has 1 N–H and O–H groups in total. The molecule has 0 unspecified atom stereocenters. The third-order valence-corrected chi connectivity index (χ3v) is 4.06. The van der Waals surface area contributed by atoms with Crippen LogP contribution in [0.3, 0.4) is 0 Å². The van der Waals surface area contributed by atoms with Crippen molar-refractivity contribution in [2.45, 2.75) is 6.61 Å². The van der Waals surface area contributed by atoms with Crippen molar-refractivity contribution in [3.8, 4) is 5.75 Å². The highest BCUT2D eigenvalue weighted by molar-refractivity contribution is 5.91. The first kappa shape index (κ1) is 16.7. The molecule has 5 heteroatoms. The first-order chi connectivity index (χ1) is 13.4. The van der Waals surface area contributed by atoms with Crippen molar-refractivity contribution in [2.24, 2.45) is 5.10 Å². The summed E-state index contributed by atoms with van der Waals surface area (Å²) >= 11 is 0. The predicted octanol–water partition coefficient (Wildman–Crippen LogP) is 4.65. The number of fused-ring (bicyclic) bond motifs is 1. The van der Waals surface area contributed by atoms with Gasteiger partial charge in [0.15, 0.2) is 5.82 Å². The lowest BCUT2D eigenvalue weighted by Crippen LogP contribution is -1.97. The van der Waals surface area contributed by atoms with Crippen LogP contribution in [0.4, 0.5) is 5.82 Å². The van der Waals surface area contributed by atoms with E-state index in [1.807, 2.05) is 78.9 Å². The van der Waals surface area contributed by atoms with Crippen molar-refractivity contribution in [1.82, 2.24) is 10.2 Å². The molecule has 0 atom stereocenters. The number of aromatic nitrogens is 2. The molecule has 0 saturated carbocycles. The lowest BCUT2D eigenvalue weighted by molar-refractivity contribution is 0.306. The highest BCUT2D eigenvalue weighted by Gasteiger charge is 2.01. The summed E-state index contributed by atoms with van der Waals surface area (Å²) in [6, 6.07) is 25.8. The van der Waals surface area contributed by atoms with Crippen LogP contribution in [0.5, 0.6) is 5.75 Å². The summed E-state index contributed by atoms with van der Waals surface area (Å²) in [5.41, 5.74) is 5.03. The molecule has 0 aliphatic heterocycles. The van der Waals surface area contributed by atoms with Crippen LogP contribution in [0.1, 0.15) is 11.1 Å². The van der Waals surface area contributed by atoms with Gasteiger partial charge in [-0.1, -0.05) is 66.7 Å². The van der Waals surface area contributed by atoms with E-state index in [9.17, 15) is 0 Å². The molecule has 0 aliphatic rings. The molecule has 0 radical (unpaired) electrons. The van der Waals surface area contributed by atoms with E-state index >= 15 is 0 Å². The van der Waals surface area contributed by atoms with Gasteiger partial charge in [0, 0.05) is 10.8 Å². The van der Waals surface area contributed by atoms with Gasteiger partial charge in [0.2, 0.25) is 0 Å². The number of nitrogens with one attached hydrogen (secondary N) is 1. The Morgan fingerprint density at radius 2 is 1.78 bits per heavy atom. The molecule has 0 amide bonds. The minimum Gasteiger partial charge on any atom is -0.489 e. The fourth-order valence-corrected chi connectivity index (χ4v) is 2.70. The normalized spacial score (nSPS) is 11.0. The minimum absolute atomic E-state index is 0.533. The SMILES string of the molecule is C(=N\Nc1nncc2ccccc12)/c1cccc(OCc2ccccc2)c1. The van der Waals surface area contributed by atoms with Crippen molar-refractivity contribution in [3.63, 3.8) is 0 Å². The molecule has 4 aromatic rings. The molecule has 0 saturated heterocycles. The molecule has 3 aromatic carbocycles. The molecule has 0 spiro atoms. The zero-order chi connectivity index (χ0) is 18.3. The van der Waals surface area contributed by atoms with Gasteiger partial charge in [-0.3, -0.25) is 5.43 Å². The van der Waals surface area contributed by atoms with E-state index in [2.05, 4.69) is 20.7 Å². The molecule has 0 aliphatic carbocycles. The standard InChI is InChI=1S/C22H18N4O/c1-2-7-17(8-3-1)16-27-20-11-6-9-18(13-20)14-23-25-22-21-12-5-4-10-19(21)15-24-26-22/h1-15H,16H2,(H,25,26)/b23-14+. The quantitative estimate of drug-likeness (QED) is 0.404. The van der Waals surface area contributed by atoms with E-state index in [4.69, 9.17) is 4.74 Å². The Kier molecular flexibility index (Phi) is 5.02. The van der Waals surface area contributed by atoms with Crippen LogP contribution in [-0.4, -0.2) is 16.4 Å². The van der Waals surface area contributed by atoms with E-state index in [1.54, 1.807) is 12.4 Å². The van der Waals surface area contributed by atoms with E-state index in [-0.39, 0.29) is 0 Å². The van der Waals surface area contributed by atoms with E-state index in [0.717, 1.165) is 27.6 Å². The number of hydrogen-bond acceptors (Lipinski definition) is 5. The van der Waals surface area contributed by atoms with Crippen molar-refractivity contribution in [3.05, 3.63) is 96.2 Å². The summed E-state index contributed by atoms with van der Waals surface area (Å²) < 4.78 is 5.85. The predicted molar refractivity (Wildman–Crippen MR) is 108 cm³/mol. The topological polar surface area (TPSA) is 59.4 Å². The molecule has 132 valence electrons. The third kappa shape index (κ3) is 4.27. The van der Waals surface area contributed by atoms with Crippen LogP contribution in [-0.2, 0) is 6.61 Å². The van der Waals surface area contributed by atoms with Gasteiger partial charge in [0.05, 0.1) is 12.4 Å². The fourth-order valence-electron chi connectivity index (χ4n) is 2.70. The van der Waals surface area contributed by atoms with Crippen molar-refractivity contribution < 1.29 is 4.74 Å². The highest BCUT2D eigenvalue weighted by atomic mass is 16.5. The Labute approximate surface area is 157 Å². The summed E-state index contributed by atoms with van der Waals surface area (Å²) in [5, 5.41) is 14.4. The Balaban J connectivity index is 1.43. The van der Waals surface area contributed by atoms with Crippen LogP contribution in [0.15, 0.2) is 90.2 Å². The van der Waals surface area contributed by atoms with E-state index < -0.39 is 0 Å². The summed E-state index contributed by atoms with van der Waals surface area (Å²) in [5.74, 6) is 1.42. The number of hydrazone groups is 1. The number of hydrogen-bond donors (Lipinski definition) is 1. The second-order valence-corrected chi connectivity index (χ2v) is 6.00. The van der Waals surface area contributed by atoms with Gasteiger partial charge in [-0.15, -0.1) is 5.10 Å². The Morgan fingerprint density at radius 3 is 2.70 bits per heavy atom. The second kappa shape index (κ2) is 8.10. The van der Waals surface area contributed by atoms with Gasteiger partial charge in [-0.25, -0.2) is 0 Å². The zero-order valence-corrected chi connectivity index (χ0v) is 14.6. The van der Waals surface area contributed by atoms with Gasteiger partial charge < -0.3 is 4.74 Å². The first-order valence-corrected chi connectivity index (χ1v) is 8.65. The second-order valence-electron chi connectivity index (χ2n) is 6.00. The zero-order valence-electron chi connectivity index (χ0n) is 14.6. The Bertz CT molecular complexity index is 1060. The fraction of sp³-hybridized carbons (Fsp3) is 0.0455. The average molecular weight is 354 g/mol. The highest BCUT2D eigenvalue weighted by Crippen LogP contribution is 2.19. The monoisotopic (exact) mass is 354 g/mol. The number of nitrogens with zero attached hydrogens (tertiary/aromatic N) is 3. The Hall–Kier alpha value is -3.73. The van der Waals surface area contributed by atoms with Gasteiger partial charge >= 0.3 is 0 Å². The molecular weight excluding hydrogens is 336 g/mol. The Morgan fingerprint density at radius 1 is 0.926 bits per heavy atom. The maximum Gasteiger partial charge on any atom is 0.176 e. The molecule has 1 heterocycles. The first-order valence-electron chi connectivity index (χ1n) is 8.65. The van der Waals surface area contributed by atoms with Crippen LogP contribution < -0.4 is 10.2 Å². The number of benzene rings is 3. The molecule has 5 nitrogen and oxygen atoms in total. The lowest BCUT2D eigenvalue weighted by atomic mass is 10.2. The maximum absolute atomic E-state index is 5.85. The minimum atomic E-state index is 0.533. The molecular formula is C22H18N4O. The molecule has 4 rings (SSSR count). The van der Waals surface area contributed by atoms with Gasteiger partial charge in [-0.05, 0) is 23.3 Å². The number of anilines is 1. The van der Waals surface area contributed by atoms with Gasteiger partial charge in [0.1, 0.15) is 12.4 Å². The summed E-state index contributed by atoms with van der Waals surface area (Å²) in [6.45, 7) is 0.533. The molecule has 27 heavy (non-hydrogen) atoms. The molecule has 1 aromatic heterocycles. The summed E-state index contributed by atoms with van der Waals surface area (Å²) in [4.78, 5) is 0. The van der Waals surface area contributed by atoms with Crippen molar-refractivity contribution in [1.29, 1.82) is 0 Å². The van der Waals surface area contributed by atoms with Crippen molar-refractivity contribution >= 4 is 22.8 Å². The van der Waals surface area contributed by atoms with Gasteiger partial charge in [0.25, 0.3) is 0 Å². The average Bonchev–Trinajstić information content (AvgIpc) is 2.74. The largest absolute Gasteiger partial charge is 0.489 e. The summed E-state index contributed by atoms with van der Waals surface area (Å²) in [7, 11) is 0. The number of ether oxygens (including phenoxy) is 1. The van der Waals surface area contributed by atoms with Crippen molar-refractivity contribution in [2.75, 3.05) is 5.43 Å². The molecule has 0 bridgehead atoms. The lowest BCUT2D eigenvalue weighted by Gasteiger charge is -2.07. The van der Waals surface area contributed by atoms with Crippen LogP contribution >= 0.6 is 0 Å². The van der Waals surface area contributed by atoms with Crippen LogP contribution in [0, 0.1) is 0 Å². The summed E-state index contributed by atoms with van der Waals surface area (Å²) in [6.07, 6.45) is 3.47. The van der Waals surface area contributed by atoms with Crippen LogP contribution in [0.25, 0.3) is 10.8 Å².